The lowest BCUT2D eigenvalue weighted by Crippen LogP contribution is -2.25. The number of carbonyl (C=O) groups excluding carboxylic acids is 1. The molecule has 0 amide bonds. The molecule has 0 rings (SSSR count). The normalized spacial score (nSPS) is 12.8. The average molecular weight is 146 g/mol. The molecule has 4 nitrogen and oxygen atoms in total. The Morgan fingerprint density at radius 2 is 2.20 bits per heavy atom. The summed E-state index contributed by atoms with van der Waals surface area (Å²) in [6, 6.07) is 0. The van der Waals surface area contributed by atoms with Crippen LogP contribution < -0.4 is 0 Å². The first kappa shape index (κ1) is 9.13. The molecule has 58 valence electrons. The number of aliphatic hydroxyl groups excluding tert-OH is 1. The van der Waals surface area contributed by atoms with Crippen molar-refractivity contribution in [3.8, 4) is 0 Å². The summed E-state index contributed by atoms with van der Waals surface area (Å²) in [6.07, 6.45) is -0.728. The zero-order valence-corrected chi connectivity index (χ0v) is 5.65. The first-order chi connectivity index (χ1) is 4.59. The molecule has 2 N–H and O–H groups in total. The van der Waals surface area contributed by atoms with Gasteiger partial charge in [-0.3, -0.25) is 4.79 Å². The first-order valence-electron chi connectivity index (χ1n) is 2.77. The lowest BCUT2D eigenvalue weighted by Gasteiger charge is -2.09. The quantitative estimate of drug-likeness (QED) is 0.323. The molecule has 0 bridgehead atoms. The van der Waals surface area contributed by atoms with Crippen LogP contribution >= 0.6 is 0 Å². The van der Waals surface area contributed by atoms with Gasteiger partial charge in [0.25, 0.3) is 0 Å². The Balaban J connectivity index is 3.81. The molecule has 0 aromatic heterocycles. The van der Waals surface area contributed by atoms with Crippen molar-refractivity contribution in [2.75, 3.05) is 0 Å². The van der Waals surface area contributed by atoms with Gasteiger partial charge >= 0.3 is 5.97 Å². The van der Waals surface area contributed by atoms with Gasteiger partial charge in [0.1, 0.15) is 5.92 Å². The Labute approximate surface area is 58.7 Å². The summed E-state index contributed by atoms with van der Waals surface area (Å²) in [4.78, 5) is 10.6. The van der Waals surface area contributed by atoms with Crippen molar-refractivity contribution in [2.24, 2.45) is 5.92 Å². The Hall–Kier alpha value is -0.870. The van der Waals surface area contributed by atoms with Crippen LogP contribution in [0, 0.1) is 5.92 Å². The van der Waals surface area contributed by atoms with Gasteiger partial charge in [-0.2, -0.15) is 0 Å². The van der Waals surface area contributed by atoms with Crippen LogP contribution in [-0.2, 0) is 9.53 Å². The summed E-state index contributed by atoms with van der Waals surface area (Å²) >= 11 is 0. The molecular formula is C6H10O4. The van der Waals surface area contributed by atoms with E-state index >= 15 is 0 Å². The molecule has 0 aliphatic rings. The molecule has 0 radical (unpaired) electrons. The summed E-state index contributed by atoms with van der Waals surface area (Å²) in [5, 5.41) is 16.9. The molecule has 0 aliphatic carbocycles. The molecule has 0 saturated carbocycles. The third kappa shape index (κ3) is 2.61. The van der Waals surface area contributed by atoms with Gasteiger partial charge in [-0.05, 0) is 6.92 Å². The maximum atomic E-state index is 10.6. The van der Waals surface area contributed by atoms with E-state index < -0.39 is 18.2 Å². The van der Waals surface area contributed by atoms with Gasteiger partial charge in [0.2, 0.25) is 0 Å². The Morgan fingerprint density at radius 3 is 2.50 bits per heavy atom. The van der Waals surface area contributed by atoms with Crippen LogP contribution in [0.5, 0.6) is 0 Å². The fourth-order valence-corrected chi connectivity index (χ4v) is 0.311. The summed E-state index contributed by atoms with van der Waals surface area (Å²) in [5.74, 6) is -1.64. The highest BCUT2D eigenvalue weighted by molar-refractivity contribution is 5.72. The zero-order chi connectivity index (χ0) is 8.15. The number of rotatable bonds is 3. The monoisotopic (exact) mass is 146 g/mol. The first-order valence-corrected chi connectivity index (χ1v) is 2.77. The van der Waals surface area contributed by atoms with E-state index in [4.69, 9.17) is 10.2 Å². The standard InChI is InChI=1S/C6H10O4/c1-3-10-6(9)4(2)5(7)8/h3-5,7-8H,1H2,2H3. The fraction of sp³-hybridized carbons (Fsp3) is 0.500. The molecule has 0 aromatic carbocycles. The third-order valence-corrected chi connectivity index (χ3v) is 1.02. The minimum atomic E-state index is -1.67. The van der Waals surface area contributed by atoms with Gasteiger partial charge in [-0.25, -0.2) is 0 Å². The van der Waals surface area contributed by atoms with Crippen molar-refractivity contribution in [3.05, 3.63) is 12.8 Å². The van der Waals surface area contributed by atoms with Crippen molar-refractivity contribution in [1.82, 2.24) is 0 Å². The second-order valence-electron chi connectivity index (χ2n) is 1.81. The minimum Gasteiger partial charge on any atom is -0.435 e. The highest BCUT2D eigenvalue weighted by Gasteiger charge is 2.20. The summed E-state index contributed by atoms with van der Waals surface area (Å²) in [5.41, 5.74) is 0. The van der Waals surface area contributed by atoms with Crippen LogP contribution in [0.25, 0.3) is 0 Å². The van der Waals surface area contributed by atoms with E-state index in [2.05, 4.69) is 11.3 Å². The molecule has 10 heavy (non-hydrogen) atoms. The van der Waals surface area contributed by atoms with Crippen LogP contribution in [0.2, 0.25) is 0 Å². The van der Waals surface area contributed by atoms with Crippen molar-refractivity contribution in [3.63, 3.8) is 0 Å². The largest absolute Gasteiger partial charge is 0.435 e. The van der Waals surface area contributed by atoms with Gasteiger partial charge in [0.15, 0.2) is 6.29 Å². The molecule has 1 unspecified atom stereocenters. The Kier molecular flexibility index (Phi) is 3.68. The third-order valence-electron chi connectivity index (χ3n) is 1.02. The number of carbonyl (C=O) groups is 1. The molecule has 1 atom stereocenters. The maximum Gasteiger partial charge on any atom is 0.318 e. The lowest BCUT2D eigenvalue weighted by atomic mass is 10.2. The highest BCUT2D eigenvalue weighted by atomic mass is 16.5. The molecule has 4 heteroatoms. The number of hydrogen-bond acceptors (Lipinski definition) is 4. The predicted octanol–water partition coefficient (Wildman–Crippen LogP) is -0.380. The SMILES string of the molecule is C=COC(=O)C(C)C(O)O. The summed E-state index contributed by atoms with van der Waals surface area (Å²) in [7, 11) is 0. The van der Waals surface area contributed by atoms with Crippen LogP contribution in [0.15, 0.2) is 12.8 Å². The molecule has 0 aromatic rings. The minimum absolute atomic E-state index is 0.704. The summed E-state index contributed by atoms with van der Waals surface area (Å²) < 4.78 is 4.27. The lowest BCUT2D eigenvalue weighted by molar-refractivity contribution is -0.157. The molecule has 0 heterocycles. The number of aliphatic hydroxyl groups is 2. The van der Waals surface area contributed by atoms with Crippen LogP contribution in [0.1, 0.15) is 6.92 Å². The van der Waals surface area contributed by atoms with Gasteiger partial charge in [0.05, 0.1) is 6.26 Å². The second kappa shape index (κ2) is 4.03. The van der Waals surface area contributed by atoms with Gasteiger partial charge in [-0.15, -0.1) is 0 Å². The number of esters is 1. The summed E-state index contributed by atoms with van der Waals surface area (Å²) in [6.45, 7) is 4.48. The van der Waals surface area contributed by atoms with E-state index in [0.717, 1.165) is 6.26 Å². The van der Waals surface area contributed by atoms with E-state index in [-0.39, 0.29) is 0 Å². The van der Waals surface area contributed by atoms with E-state index in [1.54, 1.807) is 0 Å². The molecule has 0 saturated heterocycles. The maximum absolute atomic E-state index is 10.6. The Bertz CT molecular complexity index is 130. The molecule has 0 fully saturated rings. The van der Waals surface area contributed by atoms with E-state index in [9.17, 15) is 4.79 Å². The van der Waals surface area contributed by atoms with Gasteiger partial charge in [-0.1, -0.05) is 6.58 Å². The second-order valence-corrected chi connectivity index (χ2v) is 1.81. The average Bonchev–Trinajstić information content (AvgIpc) is 1.87. The van der Waals surface area contributed by atoms with Crippen molar-refractivity contribution < 1.29 is 19.7 Å². The van der Waals surface area contributed by atoms with E-state index in [0.29, 0.717) is 0 Å². The smallest absolute Gasteiger partial charge is 0.318 e. The van der Waals surface area contributed by atoms with Crippen molar-refractivity contribution in [1.29, 1.82) is 0 Å². The van der Waals surface area contributed by atoms with Crippen LogP contribution in [-0.4, -0.2) is 22.5 Å². The van der Waals surface area contributed by atoms with E-state index in [1.807, 2.05) is 0 Å². The predicted molar refractivity (Wildman–Crippen MR) is 33.7 cm³/mol. The van der Waals surface area contributed by atoms with Crippen LogP contribution in [0.3, 0.4) is 0 Å². The topological polar surface area (TPSA) is 66.8 Å². The van der Waals surface area contributed by atoms with Crippen molar-refractivity contribution >= 4 is 5.97 Å². The molecule has 0 spiro atoms. The molecule has 0 aliphatic heterocycles. The van der Waals surface area contributed by atoms with Crippen LogP contribution in [0.4, 0.5) is 0 Å². The van der Waals surface area contributed by atoms with E-state index in [1.165, 1.54) is 6.92 Å². The number of ether oxygens (including phenoxy) is 1. The number of hydrogen-bond donors (Lipinski definition) is 2. The zero-order valence-electron chi connectivity index (χ0n) is 5.65. The van der Waals surface area contributed by atoms with Gasteiger partial charge < -0.3 is 14.9 Å². The van der Waals surface area contributed by atoms with Gasteiger partial charge in [0, 0.05) is 0 Å². The fourth-order valence-electron chi connectivity index (χ4n) is 0.311. The van der Waals surface area contributed by atoms with Crippen molar-refractivity contribution in [2.45, 2.75) is 13.2 Å². The molecular weight excluding hydrogens is 136 g/mol. The Morgan fingerprint density at radius 1 is 1.70 bits per heavy atom. The highest BCUT2D eigenvalue weighted by Crippen LogP contribution is 2.02.